The highest BCUT2D eigenvalue weighted by molar-refractivity contribution is 8.77. The number of fused-ring (bicyclic) bond motifs is 5. The zero-order valence-electron chi connectivity index (χ0n) is 37.7. The van der Waals surface area contributed by atoms with Gasteiger partial charge < -0.3 is 34.6 Å². The minimum Gasteiger partial charge on any atom is -0.447 e. The van der Waals surface area contributed by atoms with Crippen molar-refractivity contribution in [2.45, 2.75) is 22.0 Å². The molecule has 6 aromatic rings. The van der Waals surface area contributed by atoms with Gasteiger partial charge >= 0.3 is 6.09 Å². The number of hydroxylamine groups is 1. The van der Waals surface area contributed by atoms with Crippen molar-refractivity contribution in [1.29, 1.82) is 0 Å². The van der Waals surface area contributed by atoms with Crippen LogP contribution in [0.1, 0.15) is 24.5 Å². The third kappa shape index (κ3) is 26.5. The van der Waals surface area contributed by atoms with Crippen LogP contribution in [0.25, 0.3) is 31.6 Å². The number of benzene rings is 4. The van der Waals surface area contributed by atoms with Crippen LogP contribution in [0.3, 0.4) is 0 Å². The molecule has 0 aliphatic heterocycles. The maximum Gasteiger partial charge on any atom is 0.431 e. The standard InChI is InChI=1S/C19H21NO4S2.2C9H9NOS3.C5H12O2S2.C3H8OS.CH4/c21-9-11-25-26-12-10-24-20-19(22)23-13-18-16-7-3-1-5-14(16)15-6-2-4-8-17(15)18;2*11-5-6-12-14-9-10-7-3-1-2-4-8(7)13-9;1-7-3-5-9-8-4-2-6;1-4-2-3-5;/h1-8,18,21H,9-13H2,(H,20,22);2*1-4,11H,5-6H2;6H,2-5H2,1H3;5H,2-3H2,1H3;1H4. The van der Waals surface area contributed by atoms with Gasteiger partial charge in [-0.2, -0.15) is 18.1 Å². The SMILES string of the molecule is C.COCCS.COCCSSCCO.O=C(NOCCSSCCO)OCC1c2ccccc2-c2ccccc21.OCCSSc1nc2ccccc2s1.OCCSSc1nc2ccccc2s1. The van der Waals surface area contributed by atoms with Gasteiger partial charge in [0.05, 0.1) is 66.7 Å². The molecule has 0 unspecified atom stereocenters. The van der Waals surface area contributed by atoms with Crippen molar-refractivity contribution in [3.63, 3.8) is 0 Å². The van der Waals surface area contributed by atoms with Crippen molar-refractivity contribution in [2.24, 2.45) is 0 Å². The number of ether oxygens (including phenoxy) is 3. The molecule has 4 aromatic carbocycles. The van der Waals surface area contributed by atoms with E-state index in [0.29, 0.717) is 18.1 Å². The number of nitrogens with one attached hydrogen (secondary N) is 1. The number of aromatic nitrogens is 2. The van der Waals surface area contributed by atoms with Crippen LogP contribution < -0.4 is 5.48 Å². The van der Waals surface area contributed by atoms with E-state index in [1.54, 1.807) is 123 Å². The zero-order chi connectivity index (χ0) is 48.9. The molecule has 0 radical (unpaired) electrons. The van der Waals surface area contributed by atoms with E-state index >= 15 is 0 Å². The molecule has 1 aliphatic rings. The molecule has 69 heavy (non-hydrogen) atoms. The highest BCUT2D eigenvalue weighted by atomic mass is 33.1. The number of methoxy groups -OCH3 is 2. The molecular formula is C46H63N3O9S11. The molecule has 382 valence electrons. The monoisotopic (exact) mass is 1150 g/mol. The Balaban J connectivity index is 0.000000325. The van der Waals surface area contributed by atoms with Crippen molar-refractivity contribution in [1.82, 2.24) is 15.4 Å². The normalized spacial score (nSPS) is 11.1. The number of hydrogen-bond donors (Lipinski definition) is 6. The maximum atomic E-state index is 11.9. The fourth-order valence-electron chi connectivity index (χ4n) is 5.36. The fourth-order valence-corrected chi connectivity index (χ4v) is 15.1. The molecule has 0 saturated heterocycles. The number of aliphatic hydroxyl groups excluding tert-OH is 4. The van der Waals surface area contributed by atoms with Gasteiger partial charge in [-0.25, -0.2) is 14.8 Å². The van der Waals surface area contributed by atoms with E-state index in [0.717, 1.165) is 61.7 Å². The number of para-hydroxylation sites is 2. The van der Waals surface area contributed by atoms with Crippen LogP contribution in [-0.4, -0.2) is 144 Å². The topological polar surface area (TPSA) is 173 Å². The zero-order valence-corrected chi connectivity index (χ0v) is 46.7. The predicted molar refractivity (Wildman–Crippen MR) is 313 cm³/mol. The first-order valence-electron chi connectivity index (χ1n) is 21.0. The second kappa shape index (κ2) is 42.2. The van der Waals surface area contributed by atoms with E-state index in [2.05, 4.69) is 69.2 Å². The largest absolute Gasteiger partial charge is 0.447 e. The number of carbonyl (C=O) groups is 1. The summed E-state index contributed by atoms with van der Waals surface area (Å²) in [6, 6.07) is 32.7. The minimum atomic E-state index is -0.583. The average Bonchev–Trinajstić information content (AvgIpc) is 4.08. The molecule has 5 N–H and O–H groups in total. The number of hydrogen-bond acceptors (Lipinski definition) is 22. The van der Waals surface area contributed by atoms with Gasteiger partial charge in [-0.3, -0.25) is 4.84 Å². The number of amides is 1. The van der Waals surface area contributed by atoms with Crippen molar-refractivity contribution >= 4 is 148 Å². The Bertz CT molecular complexity index is 2010. The number of rotatable bonds is 25. The Morgan fingerprint density at radius 2 is 1.01 bits per heavy atom. The first kappa shape index (κ1) is 63.9. The van der Waals surface area contributed by atoms with Gasteiger partial charge in [0.1, 0.15) is 6.61 Å². The molecule has 0 bridgehead atoms. The van der Waals surface area contributed by atoms with Crippen molar-refractivity contribution in [3.05, 3.63) is 108 Å². The maximum absolute atomic E-state index is 11.9. The summed E-state index contributed by atoms with van der Waals surface area (Å²) in [6.45, 7) is 3.08. The smallest absolute Gasteiger partial charge is 0.431 e. The first-order chi connectivity index (χ1) is 33.4. The molecule has 23 heteroatoms. The Morgan fingerprint density at radius 3 is 1.45 bits per heavy atom. The molecule has 7 rings (SSSR count). The second-order valence-corrected chi connectivity index (χ2v) is 26.1. The van der Waals surface area contributed by atoms with Gasteiger partial charge in [-0.1, -0.05) is 145 Å². The quantitative estimate of drug-likeness (QED) is 0.0138. The van der Waals surface area contributed by atoms with Crippen LogP contribution in [0.15, 0.2) is 106 Å². The van der Waals surface area contributed by atoms with Crippen molar-refractivity contribution < 1.29 is 44.3 Å². The summed E-state index contributed by atoms with van der Waals surface area (Å²) in [5, 5.41) is 34.3. The Kier molecular flexibility index (Phi) is 39.1. The van der Waals surface area contributed by atoms with Crippen LogP contribution in [0.2, 0.25) is 0 Å². The van der Waals surface area contributed by atoms with E-state index in [4.69, 9.17) is 34.7 Å². The van der Waals surface area contributed by atoms with Crippen molar-refractivity contribution in [3.8, 4) is 11.1 Å². The van der Waals surface area contributed by atoms with Crippen LogP contribution in [0.5, 0.6) is 0 Å². The molecule has 0 atom stereocenters. The number of aliphatic hydroxyl groups is 4. The third-order valence-corrected chi connectivity index (χ3v) is 20.3. The van der Waals surface area contributed by atoms with E-state index < -0.39 is 6.09 Å². The Morgan fingerprint density at radius 1 is 0.594 bits per heavy atom. The summed E-state index contributed by atoms with van der Waals surface area (Å²) in [5.74, 6) is 5.57. The lowest BCUT2D eigenvalue weighted by Gasteiger charge is -2.14. The van der Waals surface area contributed by atoms with Crippen molar-refractivity contribution in [2.75, 3.05) is 107 Å². The van der Waals surface area contributed by atoms with E-state index in [9.17, 15) is 4.79 Å². The molecule has 2 aromatic heterocycles. The van der Waals surface area contributed by atoms with Gasteiger partial charge in [0.15, 0.2) is 8.68 Å². The summed E-state index contributed by atoms with van der Waals surface area (Å²) >= 11 is 7.27. The molecule has 1 aliphatic carbocycles. The lowest BCUT2D eigenvalue weighted by Crippen LogP contribution is -2.27. The van der Waals surface area contributed by atoms with Crippen LogP contribution in [0, 0.1) is 0 Å². The molecule has 2 heterocycles. The summed E-state index contributed by atoms with van der Waals surface area (Å²) in [5.41, 5.74) is 9.19. The highest BCUT2D eigenvalue weighted by Crippen LogP contribution is 2.44. The lowest BCUT2D eigenvalue weighted by molar-refractivity contribution is 0.0348. The van der Waals surface area contributed by atoms with Crippen LogP contribution in [0.4, 0.5) is 4.79 Å². The van der Waals surface area contributed by atoms with E-state index in [1.807, 2.05) is 60.7 Å². The molecule has 12 nitrogen and oxygen atoms in total. The number of thiazole rings is 2. The van der Waals surface area contributed by atoms with E-state index in [1.165, 1.54) is 31.7 Å². The molecule has 0 saturated carbocycles. The predicted octanol–water partition coefficient (Wildman–Crippen LogP) is 12.1. The summed E-state index contributed by atoms with van der Waals surface area (Å²) in [6.07, 6.45) is -0.583. The number of carbonyl (C=O) groups excluding carboxylic acids is 1. The fraction of sp³-hybridized carbons (Fsp3) is 0.413. The number of nitrogens with zero attached hydrogens (tertiary/aromatic N) is 2. The van der Waals surface area contributed by atoms with Gasteiger partial charge in [0, 0.05) is 60.4 Å². The summed E-state index contributed by atoms with van der Waals surface area (Å²) < 4.78 is 19.4. The Hall–Kier alpha value is -1.20. The van der Waals surface area contributed by atoms with Gasteiger partial charge in [0.2, 0.25) is 0 Å². The average molecular weight is 1150 g/mol. The highest BCUT2D eigenvalue weighted by Gasteiger charge is 2.29. The van der Waals surface area contributed by atoms with Gasteiger partial charge in [-0.05, 0) is 68.1 Å². The molecule has 0 spiro atoms. The summed E-state index contributed by atoms with van der Waals surface area (Å²) in [4.78, 5) is 25.9. The first-order valence-corrected chi connectivity index (χ1v) is 32.9. The van der Waals surface area contributed by atoms with Gasteiger partial charge in [-0.15, -0.1) is 22.7 Å². The van der Waals surface area contributed by atoms with E-state index in [-0.39, 0.29) is 46.4 Å². The second-order valence-electron chi connectivity index (χ2n) is 12.9. The molecule has 0 fully saturated rings. The minimum absolute atomic E-state index is 0. The Labute approximate surface area is 452 Å². The molecule has 1 amide bonds. The summed E-state index contributed by atoms with van der Waals surface area (Å²) in [7, 11) is 16.5. The lowest BCUT2D eigenvalue weighted by atomic mass is 9.98. The third-order valence-electron chi connectivity index (χ3n) is 8.11. The van der Waals surface area contributed by atoms with Crippen LogP contribution >= 0.6 is 122 Å². The van der Waals surface area contributed by atoms with Crippen LogP contribution in [-0.2, 0) is 19.0 Å². The molecular weight excluding hydrogens is 1090 g/mol. The van der Waals surface area contributed by atoms with Gasteiger partial charge in [0.25, 0.3) is 0 Å². The number of thiol groups is 1.